The maximum Gasteiger partial charge on any atom is 0.184 e. The first-order valence-corrected chi connectivity index (χ1v) is 16.0. The van der Waals surface area contributed by atoms with Gasteiger partial charge >= 0.3 is 0 Å². The summed E-state index contributed by atoms with van der Waals surface area (Å²) in [6, 6.07) is 17.9. The van der Waals surface area contributed by atoms with Crippen LogP contribution in [0.4, 0.5) is 0 Å². The van der Waals surface area contributed by atoms with Gasteiger partial charge in [-0.15, -0.1) is 11.8 Å². The molecule has 0 bridgehead atoms. The average molecular weight is 491 g/mol. The zero-order valence-electron chi connectivity index (χ0n) is 19.9. The second-order valence-electron chi connectivity index (χ2n) is 9.27. The topological polar surface area (TPSA) is 55.4 Å². The molecule has 0 saturated carbocycles. The molecule has 0 N–H and O–H groups in total. The molecule has 2 aromatic carbocycles. The van der Waals surface area contributed by atoms with Crippen molar-refractivity contribution >= 4 is 20.1 Å². The van der Waals surface area contributed by atoms with Crippen molar-refractivity contribution in [3.05, 3.63) is 65.7 Å². The summed E-state index contributed by atoms with van der Waals surface area (Å²) in [7, 11) is -0.243. The molecule has 2 fully saturated rings. The monoisotopic (exact) mass is 490 g/mol. The fourth-order valence-corrected chi connectivity index (χ4v) is 5.99. The summed E-state index contributed by atoms with van der Waals surface area (Å²) < 4.78 is 37.4. The van der Waals surface area contributed by atoms with Crippen molar-refractivity contribution < 1.29 is 28.1 Å². The van der Waals surface area contributed by atoms with Crippen LogP contribution < -0.4 is 4.74 Å². The molecule has 33 heavy (non-hydrogen) atoms. The van der Waals surface area contributed by atoms with Gasteiger partial charge in [-0.25, -0.2) is 0 Å². The Morgan fingerprint density at radius 3 is 2.33 bits per heavy atom. The third kappa shape index (κ3) is 6.19. The molecule has 2 saturated heterocycles. The highest BCUT2D eigenvalue weighted by molar-refractivity contribution is 7.99. The van der Waals surface area contributed by atoms with Gasteiger partial charge in [0.05, 0.1) is 20.3 Å². The number of hydrogen-bond donors (Lipinski definition) is 0. The Bertz CT molecular complexity index is 875. The van der Waals surface area contributed by atoms with Gasteiger partial charge in [0.2, 0.25) is 0 Å². The fraction of sp³-hybridized carbons (Fsp3) is 0.520. The molecule has 6 atom stereocenters. The molecule has 0 aromatic heterocycles. The number of thioether (sulfide) groups is 1. The minimum atomic E-state index is -1.91. The lowest BCUT2D eigenvalue weighted by Crippen LogP contribution is -2.64. The molecule has 0 radical (unpaired) electrons. The quantitative estimate of drug-likeness (QED) is 0.483. The van der Waals surface area contributed by atoms with E-state index in [0.717, 1.165) is 16.9 Å². The van der Waals surface area contributed by atoms with Crippen LogP contribution in [0, 0.1) is 0 Å². The van der Waals surface area contributed by atoms with Gasteiger partial charge in [-0.1, -0.05) is 42.5 Å². The van der Waals surface area contributed by atoms with Crippen molar-refractivity contribution in [1.29, 1.82) is 0 Å². The highest BCUT2D eigenvalue weighted by atomic mass is 32.2. The third-order valence-corrected chi connectivity index (χ3v) is 7.50. The largest absolute Gasteiger partial charge is 0.497 e. The van der Waals surface area contributed by atoms with Crippen LogP contribution in [-0.2, 0) is 30.0 Å². The predicted octanol–water partition coefficient (Wildman–Crippen LogP) is 5.00. The summed E-state index contributed by atoms with van der Waals surface area (Å²) in [4.78, 5) is 0. The van der Waals surface area contributed by atoms with Gasteiger partial charge in [-0.3, -0.25) is 0 Å². The van der Waals surface area contributed by atoms with Gasteiger partial charge in [0.15, 0.2) is 14.6 Å². The molecule has 2 aliphatic rings. The molecule has 4 rings (SSSR count). The zero-order chi connectivity index (χ0) is 23.4. The number of rotatable bonds is 8. The molecular formula is C25H34O6SSi. The molecule has 0 amide bonds. The molecule has 2 heterocycles. The van der Waals surface area contributed by atoms with E-state index < -0.39 is 14.6 Å². The second-order valence-corrected chi connectivity index (χ2v) is 14.7. The van der Waals surface area contributed by atoms with Gasteiger partial charge in [0, 0.05) is 5.56 Å². The summed E-state index contributed by atoms with van der Waals surface area (Å²) in [5, 5.41) is 0. The number of hydrogen-bond acceptors (Lipinski definition) is 7. The number of benzene rings is 2. The second kappa shape index (κ2) is 10.9. The molecule has 6 nitrogen and oxygen atoms in total. The Morgan fingerprint density at radius 2 is 1.70 bits per heavy atom. The molecule has 180 valence electrons. The summed E-state index contributed by atoms with van der Waals surface area (Å²) in [6.07, 6.45) is 0.588. The number of methoxy groups -OCH3 is 1. The van der Waals surface area contributed by atoms with Gasteiger partial charge < -0.3 is 28.1 Å². The molecule has 0 spiro atoms. The van der Waals surface area contributed by atoms with Gasteiger partial charge in [-0.2, -0.15) is 0 Å². The molecule has 8 heteroatoms. The van der Waals surface area contributed by atoms with Crippen molar-refractivity contribution in [2.24, 2.45) is 0 Å². The number of ether oxygens (including phenoxy) is 5. The first kappa shape index (κ1) is 24.7. The van der Waals surface area contributed by atoms with E-state index in [4.69, 9.17) is 28.1 Å². The van der Waals surface area contributed by atoms with Crippen LogP contribution in [0.3, 0.4) is 0 Å². The van der Waals surface area contributed by atoms with Crippen LogP contribution in [0.15, 0.2) is 54.6 Å². The Labute approximate surface area is 202 Å². The van der Waals surface area contributed by atoms with Crippen molar-refractivity contribution in [3.63, 3.8) is 0 Å². The Hall–Kier alpha value is -1.39. The van der Waals surface area contributed by atoms with Crippen molar-refractivity contribution in [2.45, 2.75) is 62.4 Å². The molecule has 1 unspecified atom stereocenters. The van der Waals surface area contributed by atoms with E-state index in [1.165, 1.54) is 0 Å². The van der Waals surface area contributed by atoms with E-state index in [-0.39, 0.29) is 29.9 Å². The van der Waals surface area contributed by atoms with Crippen molar-refractivity contribution in [1.82, 2.24) is 0 Å². The summed E-state index contributed by atoms with van der Waals surface area (Å²) in [5.74, 6) is 0.826. The summed E-state index contributed by atoms with van der Waals surface area (Å²) in [5.41, 5.74) is 1.89. The highest BCUT2D eigenvalue weighted by Crippen LogP contribution is 2.39. The van der Waals surface area contributed by atoms with Crippen LogP contribution in [-0.4, -0.2) is 58.1 Å². The van der Waals surface area contributed by atoms with Crippen LogP contribution >= 0.6 is 11.8 Å². The first-order chi connectivity index (χ1) is 15.9. The fourth-order valence-electron chi connectivity index (χ4n) is 4.15. The average Bonchev–Trinajstić information content (AvgIpc) is 2.83. The van der Waals surface area contributed by atoms with Gasteiger partial charge in [0.1, 0.15) is 35.6 Å². The standard InChI is InChI=1S/C25H34O6SSi/c1-26-19-13-11-17(12-14-19)15-27-23-22(31-33(3,4)5)21-20(29-25(23)32-2)16-28-24(30-21)18-9-7-6-8-10-18/h6-14,20-25H,15-16H2,1-5H3/t20-,21-,22+,23+,24?,25-/m1/s1. The van der Waals surface area contributed by atoms with Crippen LogP contribution in [0.25, 0.3) is 0 Å². The smallest absolute Gasteiger partial charge is 0.184 e. The predicted molar refractivity (Wildman–Crippen MR) is 132 cm³/mol. The lowest BCUT2D eigenvalue weighted by Gasteiger charge is -2.50. The SMILES string of the molecule is COc1ccc(CO[C@H]2[C@@H](O[Si](C)(C)C)[C@@H]3OC(c4ccccc4)OC[C@H]3O[C@@H]2SC)cc1. The Kier molecular flexibility index (Phi) is 8.17. The maximum absolute atomic E-state index is 6.72. The third-order valence-electron chi connectivity index (χ3n) is 5.68. The van der Waals surface area contributed by atoms with Gasteiger partial charge in [0.25, 0.3) is 0 Å². The van der Waals surface area contributed by atoms with Crippen molar-refractivity contribution in [2.75, 3.05) is 20.0 Å². The normalized spacial score (nSPS) is 30.0. The Balaban J connectivity index is 1.56. The Morgan fingerprint density at radius 1 is 0.970 bits per heavy atom. The van der Waals surface area contributed by atoms with E-state index in [0.29, 0.717) is 13.2 Å². The minimum Gasteiger partial charge on any atom is -0.497 e. The van der Waals surface area contributed by atoms with E-state index in [9.17, 15) is 0 Å². The van der Waals surface area contributed by atoms with Crippen LogP contribution in [0.2, 0.25) is 19.6 Å². The molecular weight excluding hydrogens is 456 g/mol. The van der Waals surface area contributed by atoms with Gasteiger partial charge in [-0.05, 0) is 43.6 Å². The highest BCUT2D eigenvalue weighted by Gasteiger charge is 2.52. The van der Waals surface area contributed by atoms with Crippen LogP contribution in [0.5, 0.6) is 5.75 Å². The lowest BCUT2D eigenvalue weighted by molar-refractivity contribution is -0.320. The van der Waals surface area contributed by atoms with E-state index in [2.05, 4.69) is 19.6 Å². The maximum atomic E-state index is 6.72. The first-order valence-electron chi connectivity index (χ1n) is 11.3. The van der Waals surface area contributed by atoms with Crippen molar-refractivity contribution in [3.8, 4) is 5.75 Å². The van der Waals surface area contributed by atoms with E-state index in [1.54, 1.807) is 18.9 Å². The molecule has 0 aliphatic carbocycles. The van der Waals surface area contributed by atoms with E-state index >= 15 is 0 Å². The minimum absolute atomic E-state index is 0.175. The lowest BCUT2D eigenvalue weighted by atomic mass is 9.98. The number of fused-ring (bicyclic) bond motifs is 1. The zero-order valence-corrected chi connectivity index (χ0v) is 21.7. The summed E-state index contributed by atoms with van der Waals surface area (Å²) in [6.45, 7) is 7.50. The van der Waals surface area contributed by atoms with E-state index in [1.807, 2.05) is 60.9 Å². The van der Waals surface area contributed by atoms with Crippen LogP contribution in [0.1, 0.15) is 17.4 Å². The molecule has 2 aromatic rings. The molecule has 2 aliphatic heterocycles. The summed E-state index contributed by atoms with van der Waals surface area (Å²) >= 11 is 1.63.